The predicted molar refractivity (Wildman–Crippen MR) is 120 cm³/mol. The van der Waals surface area contributed by atoms with Crippen LogP contribution in [0, 0.1) is 0 Å². The minimum Gasteiger partial charge on any atom is -0.493 e. The lowest BCUT2D eigenvalue weighted by Crippen LogP contribution is -2.16. The van der Waals surface area contributed by atoms with Gasteiger partial charge < -0.3 is 37.6 Å². The first kappa shape index (κ1) is 22.8. The molecule has 1 aliphatic heterocycles. The van der Waals surface area contributed by atoms with Crippen molar-refractivity contribution in [1.29, 1.82) is 0 Å². The van der Waals surface area contributed by atoms with E-state index in [0.717, 1.165) is 0 Å². The summed E-state index contributed by atoms with van der Waals surface area (Å²) in [5.74, 6) is 2.12. The van der Waals surface area contributed by atoms with E-state index in [9.17, 15) is 4.79 Å². The van der Waals surface area contributed by atoms with Crippen molar-refractivity contribution in [3.05, 3.63) is 40.8 Å². The molecule has 0 amide bonds. The summed E-state index contributed by atoms with van der Waals surface area (Å²) in [6, 6.07) is 8.73. The number of rotatable bonds is 4. The van der Waals surface area contributed by atoms with E-state index in [1.54, 1.807) is 24.3 Å². The van der Waals surface area contributed by atoms with Gasteiger partial charge in [0.25, 0.3) is 0 Å². The zero-order chi connectivity index (χ0) is 23.2. The van der Waals surface area contributed by atoms with Crippen molar-refractivity contribution in [2.24, 2.45) is 0 Å². The third-order valence-corrected chi connectivity index (χ3v) is 5.13. The number of ether oxygens (including phenoxy) is 7. The molecule has 4 rings (SSSR count). The van der Waals surface area contributed by atoms with Crippen LogP contribution in [-0.2, 0) is 9.47 Å². The van der Waals surface area contributed by atoms with Gasteiger partial charge in [0.15, 0.2) is 22.8 Å². The van der Waals surface area contributed by atoms with E-state index in [2.05, 4.69) is 0 Å². The zero-order valence-corrected chi connectivity index (χ0v) is 18.8. The largest absolute Gasteiger partial charge is 0.493 e. The van der Waals surface area contributed by atoms with Crippen LogP contribution in [0.5, 0.6) is 28.7 Å². The van der Waals surface area contributed by atoms with Crippen molar-refractivity contribution < 1.29 is 37.6 Å². The number of methoxy groups -OCH3 is 3. The Labute approximate surface area is 190 Å². The van der Waals surface area contributed by atoms with Gasteiger partial charge in [-0.3, -0.25) is 0 Å². The average Bonchev–Trinajstić information content (AvgIpc) is 2.83. The molecule has 2 aromatic carbocycles. The molecule has 0 atom stereocenters. The van der Waals surface area contributed by atoms with Gasteiger partial charge >= 0.3 is 5.63 Å². The van der Waals surface area contributed by atoms with Crippen LogP contribution in [0.4, 0.5) is 0 Å². The first-order chi connectivity index (χ1) is 16.2. The van der Waals surface area contributed by atoms with E-state index in [1.807, 2.05) is 6.07 Å². The maximum absolute atomic E-state index is 13.0. The minimum absolute atomic E-state index is 0.272. The van der Waals surface area contributed by atoms with E-state index in [-0.39, 0.29) is 6.61 Å². The molecule has 0 fully saturated rings. The van der Waals surface area contributed by atoms with Crippen molar-refractivity contribution in [2.45, 2.75) is 0 Å². The molecule has 176 valence electrons. The Bertz CT molecular complexity index is 1140. The SMILES string of the molecule is COc1cc(-c2cc3ccc4c(c3oc2=O)OCCOCCOCCO4)cc(OC)c1OC. The fourth-order valence-electron chi connectivity index (χ4n) is 3.56. The molecule has 3 aromatic rings. The fourth-order valence-corrected chi connectivity index (χ4v) is 3.56. The maximum atomic E-state index is 13.0. The Morgan fingerprint density at radius 1 is 0.758 bits per heavy atom. The molecule has 0 bridgehead atoms. The van der Waals surface area contributed by atoms with Gasteiger partial charge in [0, 0.05) is 5.39 Å². The summed E-state index contributed by atoms with van der Waals surface area (Å²) >= 11 is 0. The van der Waals surface area contributed by atoms with E-state index < -0.39 is 5.63 Å². The van der Waals surface area contributed by atoms with Gasteiger partial charge in [0.1, 0.15) is 13.2 Å². The van der Waals surface area contributed by atoms with Crippen molar-refractivity contribution in [3.8, 4) is 39.9 Å². The summed E-state index contributed by atoms with van der Waals surface area (Å²) in [6.45, 7) is 2.34. The van der Waals surface area contributed by atoms with Crippen LogP contribution < -0.4 is 29.3 Å². The van der Waals surface area contributed by atoms with Crippen LogP contribution >= 0.6 is 0 Å². The van der Waals surface area contributed by atoms with Gasteiger partial charge in [0.2, 0.25) is 11.5 Å². The van der Waals surface area contributed by atoms with Crippen LogP contribution in [0.1, 0.15) is 0 Å². The zero-order valence-electron chi connectivity index (χ0n) is 18.8. The molecule has 0 unspecified atom stereocenters. The number of hydrogen-bond acceptors (Lipinski definition) is 9. The van der Waals surface area contributed by atoms with Crippen molar-refractivity contribution in [1.82, 2.24) is 0 Å². The highest BCUT2D eigenvalue weighted by atomic mass is 16.6. The van der Waals surface area contributed by atoms with Gasteiger partial charge in [0.05, 0.1) is 53.3 Å². The van der Waals surface area contributed by atoms with Gasteiger partial charge in [-0.25, -0.2) is 4.79 Å². The quantitative estimate of drug-likeness (QED) is 0.546. The lowest BCUT2D eigenvalue weighted by Gasteiger charge is -2.16. The molecule has 33 heavy (non-hydrogen) atoms. The molecule has 9 nitrogen and oxygen atoms in total. The Balaban J connectivity index is 1.80. The third kappa shape index (κ3) is 4.84. The van der Waals surface area contributed by atoms with E-state index in [0.29, 0.717) is 83.9 Å². The first-order valence-corrected chi connectivity index (χ1v) is 10.5. The van der Waals surface area contributed by atoms with Crippen molar-refractivity contribution >= 4 is 11.0 Å². The third-order valence-electron chi connectivity index (χ3n) is 5.13. The fraction of sp³-hybridized carbons (Fsp3) is 0.375. The molecule has 1 aromatic heterocycles. The standard InChI is InChI=1S/C24H26O9/c1-26-19-13-16(14-20(27-2)22(19)28-3)17-12-15-4-5-18-23(21(15)33-24(17)25)32-11-9-30-7-6-29-8-10-31-18/h4-5,12-14H,6-11H2,1-3H3. The second-order valence-electron chi connectivity index (χ2n) is 7.09. The highest BCUT2D eigenvalue weighted by Crippen LogP contribution is 2.42. The van der Waals surface area contributed by atoms with E-state index >= 15 is 0 Å². The predicted octanol–water partition coefficient (Wildman–Crippen LogP) is 3.29. The van der Waals surface area contributed by atoms with Crippen LogP contribution in [0.3, 0.4) is 0 Å². The Hall–Kier alpha value is -3.43. The monoisotopic (exact) mass is 458 g/mol. The highest BCUT2D eigenvalue weighted by Gasteiger charge is 2.20. The van der Waals surface area contributed by atoms with Crippen molar-refractivity contribution in [2.75, 3.05) is 61.0 Å². The maximum Gasteiger partial charge on any atom is 0.344 e. The Morgan fingerprint density at radius 2 is 1.39 bits per heavy atom. The van der Waals surface area contributed by atoms with Crippen LogP contribution in [0.25, 0.3) is 22.1 Å². The second kappa shape index (κ2) is 10.5. The summed E-state index contributed by atoms with van der Waals surface area (Å²) in [6.07, 6.45) is 0. The van der Waals surface area contributed by atoms with E-state index in [4.69, 9.17) is 37.6 Å². The van der Waals surface area contributed by atoms with E-state index in [1.165, 1.54) is 21.3 Å². The molecule has 1 aliphatic rings. The molecular weight excluding hydrogens is 432 g/mol. The molecular formula is C24H26O9. The van der Waals surface area contributed by atoms with Gasteiger partial charge in [-0.1, -0.05) is 0 Å². The molecule has 0 aliphatic carbocycles. The summed E-state index contributed by atoms with van der Waals surface area (Å²) < 4.78 is 44.6. The average molecular weight is 458 g/mol. The van der Waals surface area contributed by atoms with Crippen LogP contribution in [0.2, 0.25) is 0 Å². The number of fused-ring (bicyclic) bond motifs is 3. The molecule has 0 saturated carbocycles. The van der Waals surface area contributed by atoms with Crippen molar-refractivity contribution in [3.63, 3.8) is 0 Å². The minimum atomic E-state index is -0.542. The van der Waals surface area contributed by atoms with Gasteiger partial charge in [-0.05, 0) is 35.9 Å². The smallest absolute Gasteiger partial charge is 0.344 e. The number of benzene rings is 2. The molecule has 9 heteroatoms. The summed E-state index contributed by atoms with van der Waals surface area (Å²) in [5, 5.41) is 0.671. The molecule has 0 spiro atoms. The first-order valence-electron chi connectivity index (χ1n) is 10.5. The number of hydrogen-bond donors (Lipinski definition) is 0. The topological polar surface area (TPSA) is 94.8 Å². The Kier molecular flexibility index (Phi) is 7.21. The molecule has 0 N–H and O–H groups in total. The van der Waals surface area contributed by atoms with Gasteiger partial charge in [-0.15, -0.1) is 0 Å². The highest BCUT2D eigenvalue weighted by molar-refractivity contribution is 5.88. The van der Waals surface area contributed by atoms with Gasteiger partial charge in [-0.2, -0.15) is 0 Å². The van der Waals surface area contributed by atoms with Crippen LogP contribution in [0.15, 0.2) is 39.5 Å². The Morgan fingerprint density at radius 3 is 2.03 bits per heavy atom. The summed E-state index contributed by atoms with van der Waals surface area (Å²) in [7, 11) is 4.55. The molecule has 0 saturated heterocycles. The lowest BCUT2D eigenvalue weighted by atomic mass is 10.0. The molecule has 0 radical (unpaired) electrons. The summed E-state index contributed by atoms with van der Waals surface area (Å²) in [5.41, 5.74) is 0.661. The van der Waals surface area contributed by atoms with Crippen LogP contribution in [-0.4, -0.2) is 61.0 Å². The lowest BCUT2D eigenvalue weighted by molar-refractivity contribution is 0.0224. The summed E-state index contributed by atoms with van der Waals surface area (Å²) in [4.78, 5) is 13.0. The molecule has 2 heterocycles. The normalized spacial score (nSPS) is 14.8. The second-order valence-corrected chi connectivity index (χ2v) is 7.09.